The maximum atomic E-state index is 11.3. The van der Waals surface area contributed by atoms with Crippen molar-refractivity contribution in [1.29, 1.82) is 0 Å². The summed E-state index contributed by atoms with van der Waals surface area (Å²) >= 11 is 0. The Morgan fingerprint density at radius 2 is 1.12 bits per heavy atom. The van der Waals surface area contributed by atoms with E-state index in [4.69, 9.17) is 0 Å². The molecule has 2 heterocycles. The standard InChI is InChI=1S/C16H20N2O4.2ClH/c1-11-15(21)13(19)5-9-17(11)7-3-4-8-18-10-6-14(20)16(22)12(18)2;;/h5-6,9-10,21-22H,3-4,7-8H2,1-2H3;2*1H. The number of unbranched alkanes of at least 4 members (excludes halogenated alkanes) is 1. The molecule has 6 nitrogen and oxygen atoms in total. The van der Waals surface area contributed by atoms with Crippen LogP contribution in [0.3, 0.4) is 0 Å². The lowest BCUT2D eigenvalue weighted by Gasteiger charge is -2.13. The monoisotopic (exact) mass is 376 g/mol. The second kappa shape index (κ2) is 9.39. The number of hydrogen-bond donors (Lipinski definition) is 2. The highest BCUT2D eigenvalue weighted by Gasteiger charge is 2.06. The second-order valence-electron chi connectivity index (χ2n) is 5.32. The van der Waals surface area contributed by atoms with E-state index in [9.17, 15) is 19.8 Å². The van der Waals surface area contributed by atoms with Gasteiger partial charge in [0.25, 0.3) is 0 Å². The Morgan fingerprint density at radius 3 is 1.46 bits per heavy atom. The smallest absolute Gasteiger partial charge is 0.223 e. The third kappa shape index (κ3) is 4.79. The maximum Gasteiger partial charge on any atom is 0.223 e. The van der Waals surface area contributed by atoms with Crippen LogP contribution < -0.4 is 10.9 Å². The number of pyridine rings is 2. The third-order valence-electron chi connectivity index (χ3n) is 3.87. The molecule has 0 amide bonds. The number of aromatic nitrogens is 2. The van der Waals surface area contributed by atoms with Crippen molar-refractivity contribution in [2.75, 3.05) is 0 Å². The zero-order valence-electron chi connectivity index (χ0n) is 13.6. The molecule has 0 fully saturated rings. The average Bonchev–Trinajstić information content (AvgIpc) is 2.50. The normalized spacial score (nSPS) is 9.92. The van der Waals surface area contributed by atoms with E-state index in [0.29, 0.717) is 24.5 Å². The van der Waals surface area contributed by atoms with Crippen molar-refractivity contribution < 1.29 is 10.2 Å². The SMILES string of the molecule is Cc1c(O)c(=O)ccn1CCCCn1ccc(=O)c(O)c1C.Cl.Cl. The van der Waals surface area contributed by atoms with Gasteiger partial charge in [-0.1, -0.05) is 0 Å². The number of rotatable bonds is 5. The Bertz CT molecular complexity index is 732. The first-order chi connectivity index (χ1) is 10.4. The zero-order valence-corrected chi connectivity index (χ0v) is 15.2. The molecule has 2 N–H and O–H groups in total. The lowest BCUT2D eigenvalue weighted by atomic mass is 10.2. The van der Waals surface area contributed by atoms with Crippen LogP contribution in [-0.4, -0.2) is 19.3 Å². The van der Waals surface area contributed by atoms with E-state index < -0.39 is 0 Å². The van der Waals surface area contributed by atoms with E-state index in [1.54, 1.807) is 26.2 Å². The predicted molar refractivity (Wildman–Crippen MR) is 97.9 cm³/mol. The molecule has 0 radical (unpaired) electrons. The Balaban J connectivity index is 0.00000264. The quantitative estimate of drug-likeness (QED) is 0.784. The summed E-state index contributed by atoms with van der Waals surface area (Å²) in [6.45, 7) is 4.79. The summed E-state index contributed by atoms with van der Waals surface area (Å²) < 4.78 is 3.68. The van der Waals surface area contributed by atoms with Gasteiger partial charge in [0, 0.05) is 37.6 Å². The second-order valence-corrected chi connectivity index (χ2v) is 5.32. The molecule has 24 heavy (non-hydrogen) atoms. The molecule has 0 unspecified atom stereocenters. The minimum Gasteiger partial charge on any atom is -0.503 e. The van der Waals surface area contributed by atoms with Crippen LogP contribution in [-0.2, 0) is 13.1 Å². The highest BCUT2D eigenvalue weighted by molar-refractivity contribution is 5.85. The van der Waals surface area contributed by atoms with E-state index >= 15 is 0 Å². The van der Waals surface area contributed by atoms with Gasteiger partial charge < -0.3 is 19.3 Å². The summed E-state index contributed by atoms with van der Waals surface area (Å²) in [6, 6.07) is 2.71. The molecule has 0 saturated carbocycles. The minimum absolute atomic E-state index is 0. The molecular formula is C16H22Cl2N2O4. The number of hydrogen-bond acceptors (Lipinski definition) is 4. The summed E-state index contributed by atoms with van der Waals surface area (Å²) in [7, 11) is 0. The highest BCUT2D eigenvalue weighted by Crippen LogP contribution is 2.12. The lowest BCUT2D eigenvalue weighted by molar-refractivity contribution is 0.442. The van der Waals surface area contributed by atoms with Gasteiger partial charge in [-0.3, -0.25) is 9.59 Å². The molecule has 8 heteroatoms. The van der Waals surface area contributed by atoms with Gasteiger partial charge in [0.15, 0.2) is 11.5 Å². The minimum atomic E-state index is -0.367. The third-order valence-corrected chi connectivity index (χ3v) is 3.87. The molecule has 0 aliphatic rings. The van der Waals surface area contributed by atoms with Crippen molar-refractivity contribution in [1.82, 2.24) is 9.13 Å². The predicted octanol–water partition coefficient (Wildman–Crippen LogP) is 2.36. The summed E-state index contributed by atoms with van der Waals surface area (Å²) in [5.74, 6) is -0.410. The molecule has 0 bridgehead atoms. The number of halogens is 2. The lowest BCUT2D eigenvalue weighted by Crippen LogP contribution is -2.12. The molecule has 2 rings (SSSR count). The van der Waals surface area contributed by atoms with Gasteiger partial charge in [-0.05, 0) is 26.7 Å². The van der Waals surface area contributed by atoms with Crippen LogP contribution in [0.25, 0.3) is 0 Å². The van der Waals surface area contributed by atoms with E-state index in [1.807, 2.05) is 9.13 Å². The van der Waals surface area contributed by atoms with Gasteiger partial charge in [-0.25, -0.2) is 0 Å². The first-order valence-corrected chi connectivity index (χ1v) is 7.20. The average molecular weight is 377 g/mol. The number of aromatic hydroxyl groups is 2. The summed E-state index contributed by atoms with van der Waals surface area (Å²) in [6.07, 6.45) is 5.03. The summed E-state index contributed by atoms with van der Waals surface area (Å²) in [5.41, 5.74) is 0.385. The fraction of sp³-hybridized carbons (Fsp3) is 0.375. The first kappa shape index (κ1) is 22.1. The van der Waals surface area contributed by atoms with Gasteiger partial charge in [-0.15, -0.1) is 24.8 Å². The van der Waals surface area contributed by atoms with Crippen molar-refractivity contribution in [3.8, 4) is 11.5 Å². The van der Waals surface area contributed by atoms with Gasteiger partial charge in [0.2, 0.25) is 10.9 Å². The van der Waals surface area contributed by atoms with Crippen LogP contribution in [0.4, 0.5) is 0 Å². The van der Waals surface area contributed by atoms with E-state index in [-0.39, 0.29) is 47.2 Å². The van der Waals surface area contributed by atoms with Crippen LogP contribution in [0.5, 0.6) is 11.5 Å². The van der Waals surface area contributed by atoms with Crippen LogP contribution in [0.1, 0.15) is 24.2 Å². The number of aryl methyl sites for hydroxylation is 2. The number of nitrogens with zero attached hydrogens (tertiary/aromatic N) is 2. The Morgan fingerprint density at radius 1 is 0.792 bits per heavy atom. The molecule has 0 aliphatic carbocycles. The molecule has 0 aliphatic heterocycles. The van der Waals surface area contributed by atoms with E-state index in [1.165, 1.54) is 12.1 Å². The van der Waals surface area contributed by atoms with Crippen molar-refractivity contribution in [3.63, 3.8) is 0 Å². The largest absolute Gasteiger partial charge is 0.503 e. The van der Waals surface area contributed by atoms with Gasteiger partial charge in [0.1, 0.15) is 0 Å². The molecular weight excluding hydrogens is 355 g/mol. The topological polar surface area (TPSA) is 84.5 Å². The molecule has 134 valence electrons. The fourth-order valence-corrected chi connectivity index (χ4v) is 2.37. The van der Waals surface area contributed by atoms with Gasteiger partial charge in [0.05, 0.1) is 11.4 Å². The highest BCUT2D eigenvalue weighted by atomic mass is 35.5. The first-order valence-electron chi connectivity index (χ1n) is 7.20. The van der Waals surface area contributed by atoms with Gasteiger partial charge >= 0.3 is 0 Å². The maximum absolute atomic E-state index is 11.3. The van der Waals surface area contributed by atoms with Crippen molar-refractivity contribution in [3.05, 3.63) is 56.4 Å². The molecule has 2 aromatic heterocycles. The van der Waals surface area contributed by atoms with Crippen molar-refractivity contribution in [2.24, 2.45) is 0 Å². The van der Waals surface area contributed by atoms with Crippen LogP contribution in [0.2, 0.25) is 0 Å². The van der Waals surface area contributed by atoms with Crippen molar-refractivity contribution in [2.45, 2.75) is 39.8 Å². The fourth-order valence-electron chi connectivity index (χ4n) is 2.37. The Kier molecular flexibility index (Phi) is 8.64. The van der Waals surface area contributed by atoms with Gasteiger partial charge in [-0.2, -0.15) is 0 Å². The van der Waals surface area contributed by atoms with Crippen LogP contribution >= 0.6 is 24.8 Å². The summed E-state index contributed by atoms with van der Waals surface area (Å²) in [5, 5.41) is 19.2. The molecule has 0 aromatic carbocycles. The molecule has 0 spiro atoms. The molecule has 0 saturated heterocycles. The Labute approximate surface area is 152 Å². The van der Waals surface area contributed by atoms with E-state index in [0.717, 1.165) is 12.8 Å². The van der Waals surface area contributed by atoms with E-state index in [2.05, 4.69) is 0 Å². The van der Waals surface area contributed by atoms with Crippen molar-refractivity contribution >= 4 is 24.8 Å². The van der Waals surface area contributed by atoms with Crippen LogP contribution in [0, 0.1) is 13.8 Å². The summed E-state index contributed by atoms with van der Waals surface area (Å²) in [4.78, 5) is 22.6. The van der Waals surface area contributed by atoms with Crippen LogP contribution in [0.15, 0.2) is 34.1 Å². The molecule has 0 atom stereocenters. The zero-order chi connectivity index (χ0) is 16.3. The molecule has 2 aromatic rings. The Hall–Kier alpha value is -1.92.